The fourth-order valence-electron chi connectivity index (χ4n) is 1.05. The Morgan fingerprint density at radius 2 is 2.50 bits per heavy atom. The number of carbonyl (C=O) groups is 1. The average molecular weight is 197 g/mol. The smallest absolute Gasteiger partial charge is 0.239 e. The summed E-state index contributed by atoms with van der Waals surface area (Å²) in [6, 6.07) is 0. The maximum atomic E-state index is 10.6. The second-order valence-corrected chi connectivity index (χ2v) is 3.05. The summed E-state index contributed by atoms with van der Waals surface area (Å²) in [4.78, 5) is 10.6. The molecule has 0 aliphatic rings. The van der Waals surface area contributed by atoms with Crippen molar-refractivity contribution in [2.45, 2.75) is 26.4 Å². The van der Waals surface area contributed by atoms with Crippen molar-refractivity contribution in [1.29, 1.82) is 0 Å². The van der Waals surface area contributed by atoms with Gasteiger partial charge in [0.05, 0.1) is 11.9 Å². The summed E-state index contributed by atoms with van der Waals surface area (Å²) in [7, 11) is 0. The second-order valence-electron chi connectivity index (χ2n) is 3.05. The Hall–Kier alpha value is -1.43. The summed E-state index contributed by atoms with van der Waals surface area (Å²) in [5, 5.41) is 10.8. The van der Waals surface area contributed by atoms with Gasteiger partial charge in [-0.25, -0.2) is 4.68 Å². The van der Waals surface area contributed by atoms with Crippen LogP contribution in [0.1, 0.15) is 19.0 Å². The van der Waals surface area contributed by atoms with Crippen molar-refractivity contribution in [2.24, 2.45) is 5.73 Å². The molecule has 0 saturated carbocycles. The highest BCUT2D eigenvalue weighted by Gasteiger charge is 2.01. The standard InChI is InChI=1S/C8H15N5O/c1-2-3-10-4-7-5-13(12-11-7)6-8(9)14/h5,10H,2-4,6H2,1H3,(H2,9,14). The number of amides is 1. The minimum atomic E-state index is -0.414. The van der Waals surface area contributed by atoms with Gasteiger partial charge in [0.1, 0.15) is 6.54 Å². The van der Waals surface area contributed by atoms with Crippen LogP contribution in [0.3, 0.4) is 0 Å². The molecule has 0 atom stereocenters. The molecule has 6 heteroatoms. The van der Waals surface area contributed by atoms with Crippen molar-refractivity contribution in [3.05, 3.63) is 11.9 Å². The number of nitrogens with two attached hydrogens (primary N) is 1. The molecule has 1 aromatic rings. The van der Waals surface area contributed by atoms with E-state index in [4.69, 9.17) is 5.73 Å². The van der Waals surface area contributed by atoms with Crippen LogP contribution >= 0.6 is 0 Å². The van der Waals surface area contributed by atoms with E-state index in [2.05, 4.69) is 22.6 Å². The van der Waals surface area contributed by atoms with E-state index in [-0.39, 0.29) is 6.54 Å². The van der Waals surface area contributed by atoms with Gasteiger partial charge >= 0.3 is 0 Å². The van der Waals surface area contributed by atoms with E-state index in [1.807, 2.05) is 0 Å². The number of carbonyl (C=O) groups excluding carboxylic acids is 1. The second kappa shape index (κ2) is 5.33. The van der Waals surface area contributed by atoms with Gasteiger partial charge in [0.25, 0.3) is 0 Å². The Morgan fingerprint density at radius 3 is 3.14 bits per heavy atom. The predicted molar refractivity (Wildman–Crippen MR) is 51.2 cm³/mol. The number of hydrogen-bond donors (Lipinski definition) is 2. The molecule has 1 aromatic heterocycles. The van der Waals surface area contributed by atoms with Crippen molar-refractivity contribution in [3.63, 3.8) is 0 Å². The van der Waals surface area contributed by atoms with Gasteiger partial charge in [-0.2, -0.15) is 0 Å². The van der Waals surface area contributed by atoms with Gasteiger partial charge in [-0.05, 0) is 13.0 Å². The molecule has 0 aliphatic carbocycles. The van der Waals surface area contributed by atoms with Gasteiger partial charge in [0.2, 0.25) is 5.91 Å². The Bertz CT molecular complexity index is 296. The zero-order chi connectivity index (χ0) is 10.4. The SMILES string of the molecule is CCCNCc1cn(CC(N)=O)nn1. The van der Waals surface area contributed by atoms with Crippen LogP contribution in [0.25, 0.3) is 0 Å². The summed E-state index contributed by atoms with van der Waals surface area (Å²) in [6.07, 6.45) is 2.79. The van der Waals surface area contributed by atoms with E-state index in [0.717, 1.165) is 18.7 Å². The van der Waals surface area contributed by atoms with Crippen LogP contribution in [-0.4, -0.2) is 27.4 Å². The molecule has 0 bridgehead atoms. The molecule has 1 heterocycles. The zero-order valence-corrected chi connectivity index (χ0v) is 8.23. The van der Waals surface area contributed by atoms with Crippen molar-refractivity contribution in [3.8, 4) is 0 Å². The molecule has 78 valence electrons. The van der Waals surface area contributed by atoms with Crippen LogP contribution in [0.2, 0.25) is 0 Å². The fraction of sp³-hybridized carbons (Fsp3) is 0.625. The predicted octanol–water partition coefficient (Wildman–Crippen LogP) is -0.737. The zero-order valence-electron chi connectivity index (χ0n) is 8.23. The summed E-state index contributed by atoms with van der Waals surface area (Å²) in [5.74, 6) is -0.414. The van der Waals surface area contributed by atoms with E-state index in [0.29, 0.717) is 6.54 Å². The number of primary amides is 1. The van der Waals surface area contributed by atoms with Crippen LogP contribution in [0.15, 0.2) is 6.20 Å². The summed E-state index contributed by atoms with van der Waals surface area (Å²) in [6.45, 7) is 3.80. The number of hydrogen-bond acceptors (Lipinski definition) is 4. The van der Waals surface area contributed by atoms with Crippen molar-refractivity contribution < 1.29 is 4.79 Å². The molecule has 0 aliphatic heterocycles. The average Bonchev–Trinajstić information content (AvgIpc) is 2.52. The fourth-order valence-corrected chi connectivity index (χ4v) is 1.05. The molecule has 0 aromatic carbocycles. The highest BCUT2D eigenvalue weighted by Crippen LogP contribution is 1.92. The van der Waals surface area contributed by atoms with E-state index in [1.54, 1.807) is 6.20 Å². The Morgan fingerprint density at radius 1 is 1.71 bits per heavy atom. The van der Waals surface area contributed by atoms with E-state index in [1.165, 1.54) is 4.68 Å². The molecule has 0 radical (unpaired) electrons. The normalized spacial score (nSPS) is 10.4. The lowest BCUT2D eigenvalue weighted by molar-refractivity contribution is -0.118. The van der Waals surface area contributed by atoms with Crippen molar-refractivity contribution in [1.82, 2.24) is 20.3 Å². The van der Waals surface area contributed by atoms with E-state index < -0.39 is 5.91 Å². The first kappa shape index (κ1) is 10.6. The number of nitrogens with zero attached hydrogens (tertiary/aromatic N) is 3. The van der Waals surface area contributed by atoms with Gasteiger partial charge < -0.3 is 11.1 Å². The topological polar surface area (TPSA) is 85.8 Å². The Balaban J connectivity index is 2.38. The lowest BCUT2D eigenvalue weighted by Crippen LogP contribution is -2.19. The quantitative estimate of drug-likeness (QED) is 0.588. The van der Waals surface area contributed by atoms with Crippen LogP contribution in [0.5, 0.6) is 0 Å². The Labute approximate surface area is 82.5 Å². The minimum absolute atomic E-state index is 0.0841. The number of rotatable bonds is 6. The molecule has 14 heavy (non-hydrogen) atoms. The minimum Gasteiger partial charge on any atom is -0.368 e. The summed E-state index contributed by atoms with van der Waals surface area (Å²) >= 11 is 0. The molecule has 0 fully saturated rings. The highest BCUT2D eigenvalue weighted by molar-refractivity contribution is 5.73. The van der Waals surface area contributed by atoms with Gasteiger partial charge in [0.15, 0.2) is 0 Å². The van der Waals surface area contributed by atoms with Crippen molar-refractivity contribution >= 4 is 5.91 Å². The van der Waals surface area contributed by atoms with Gasteiger partial charge in [-0.1, -0.05) is 12.1 Å². The van der Waals surface area contributed by atoms with Crippen LogP contribution in [0.4, 0.5) is 0 Å². The summed E-state index contributed by atoms with van der Waals surface area (Å²) < 4.78 is 1.44. The molecule has 1 amide bonds. The maximum absolute atomic E-state index is 10.6. The third-order valence-electron chi connectivity index (χ3n) is 1.64. The van der Waals surface area contributed by atoms with Crippen molar-refractivity contribution in [2.75, 3.05) is 6.54 Å². The third kappa shape index (κ3) is 3.53. The summed E-state index contributed by atoms with van der Waals surface area (Å²) in [5.41, 5.74) is 5.83. The Kier molecular flexibility index (Phi) is 4.06. The van der Waals surface area contributed by atoms with E-state index >= 15 is 0 Å². The molecule has 0 spiro atoms. The molecule has 0 unspecified atom stereocenters. The van der Waals surface area contributed by atoms with E-state index in [9.17, 15) is 4.79 Å². The lowest BCUT2D eigenvalue weighted by atomic mass is 10.4. The van der Waals surface area contributed by atoms with Crippen LogP contribution < -0.4 is 11.1 Å². The largest absolute Gasteiger partial charge is 0.368 e. The molecule has 6 nitrogen and oxygen atoms in total. The third-order valence-corrected chi connectivity index (χ3v) is 1.64. The molecule has 1 rings (SSSR count). The first-order valence-corrected chi connectivity index (χ1v) is 4.60. The van der Waals surface area contributed by atoms with Gasteiger partial charge in [-0.15, -0.1) is 5.10 Å². The van der Waals surface area contributed by atoms with Gasteiger partial charge in [-0.3, -0.25) is 4.79 Å². The number of aromatic nitrogens is 3. The van der Waals surface area contributed by atoms with Crippen LogP contribution in [-0.2, 0) is 17.9 Å². The monoisotopic (exact) mass is 197 g/mol. The number of nitrogens with one attached hydrogen (secondary N) is 1. The molecular weight excluding hydrogens is 182 g/mol. The van der Waals surface area contributed by atoms with Crippen LogP contribution in [0, 0.1) is 0 Å². The lowest BCUT2D eigenvalue weighted by Gasteiger charge is -1.97. The molecule has 0 saturated heterocycles. The first-order valence-electron chi connectivity index (χ1n) is 4.60. The van der Waals surface area contributed by atoms with Gasteiger partial charge in [0, 0.05) is 6.54 Å². The highest BCUT2D eigenvalue weighted by atomic mass is 16.1. The molecule has 3 N–H and O–H groups in total. The first-order chi connectivity index (χ1) is 6.72. The maximum Gasteiger partial charge on any atom is 0.239 e. The molecular formula is C8H15N5O.